The first-order valence-corrected chi connectivity index (χ1v) is 5.48. The summed E-state index contributed by atoms with van der Waals surface area (Å²) in [7, 11) is 0. The molecule has 2 heterocycles. The summed E-state index contributed by atoms with van der Waals surface area (Å²) in [6, 6.07) is 6.90. The third-order valence-electron chi connectivity index (χ3n) is 3.16. The van der Waals surface area contributed by atoms with Crippen molar-refractivity contribution in [2.45, 2.75) is 12.5 Å². The molecule has 0 radical (unpaired) electrons. The summed E-state index contributed by atoms with van der Waals surface area (Å²) in [6.07, 6.45) is 1.14. The van der Waals surface area contributed by atoms with Crippen LogP contribution in [-0.2, 0) is 6.42 Å². The highest BCUT2D eigenvalue weighted by molar-refractivity contribution is 6.30. The van der Waals surface area contributed by atoms with Gasteiger partial charge in [-0.25, -0.2) is 0 Å². The molecule has 2 nitrogen and oxygen atoms in total. The minimum Gasteiger partial charge on any atom is -0.365 e. The number of benzene rings is 1. The lowest BCUT2D eigenvalue weighted by molar-refractivity contribution is 0.495. The summed E-state index contributed by atoms with van der Waals surface area (Å²) < 4.78 is 0. The van der Waals surface area contributed by atoms with Crippen LogP contribution in [0.15, 0.2) is 18.2 Å². The Bertz CT molecular complexity index is 364. The van der Waals surface area contributed by atoms with Crippen molar-refractivity contribution in [3.63, 3.8) is 0 Å². The minimum atomic E-state index is 0.650. The third-order valence-corrected chi connectivity index (χ3v) is 3.39. The highest BCUT2D eigenvalue weighted by Crippen LogP contribution is 2.34. The van der Waals surface area contributed by atoms with E-state index in [9.17, 15) is 0 Å². The van der Waals surface area contributed by atoms with E-state index in [0.717, 1.165) is 31.1 Å². The van der Waals surface area contributed by atoms with Gasteiger partial charge < -0.3 is 10.2 Å². The SMILES string of the molecule is Clc1ccc2c(c1)C[C@H]1CNCCN21. The van der Waals surface area contributed by atoms with Gasteiger partial charge in [0.25, 0.3) is 0 Å². The van der Waals surface area contributed by atoms with Gasteiger partial charge in [0, 0.05) is 36.4 Å². The van der Waals surface area contributed by atoms with E-state index < -0.39 is 0 Å². The van der Waals surface area contributed by atoms with E-state index in [2.05, 4.69) is 22.3 Å². The van der Waals surface area contributed by atoms with Gasteiger partial charge in [-0.15, -0.1) is 0 Å². The summed E-state index contributed by atoms with van der Waals surface area (Å²) in [5.74, 6) is 0. The molecule has 1 atom stereocenters. The second kappa shape index (κ2) is 3.14. The predicted molar refractivity (Wildman–Crippen MR) is 59.2 cm³/mol. The quantitative estimate of drug-likeness (QED) is 0.698. The lowest BCUT2D eigenvalue weighted by atomic mass is 10.1. The average Bonchev–Trinajstić information content (AvgIpc) is 2.54. The zero-order valence-electron chi connectivity index (χ0n) is 7.96. The van der Waals surface area contributed by atoms with Gasteiger partial charge in [-0.3, -0.25) is 0 Å². The van der Waals surface area contributed by atoms with Crippen molar-refractivity contribution >= 4 is 17.3 Å². The average molecular weight is 209 g/mol. The van der Waals surface area contributed by atoms with Gasteiger partial charge in [-0.2, -0.15) is 0 Å². The first kappa shape index (κ1) is 8.57. The molecule has 0 spiro atoms. The van der Waals surface area contributed by atoms with Crippen LogP contribution in [0.1, 0.15) is 5.56 Å². The molecule has 0 aliphatic carbocycles. The van der Waals surface area contributed by atoms with Crippen LogP contribution >= 0.6 is 11.6 Å². The monoisotopic (exact) mass is 208 g/mol. The number of halogens is 1. The molecular weight excluding hydrogens is 196 g/mol. The van der Waals surface area contributed by atoms with Crippen LogP contribution in [0.4, 0.5) is 5.69 Å². The van der Waals surface area contributed by atoms with E-state index in [4.69, 9.17) is 11.6 Å². The van der Waals surface area contributed by atoms with Crippen molar-refractivity contribution < 1.29 is 0 Å². The fourth-order valence-corrected chi connectivity index (χ4v) is 2.71. The standard InChI is InChI=1S/C11H13ClN2/c12-9-1-2-11-8(5-9)6-10-7-13-3-4-14(10)11/h1-2,5,10,13H,3-4,6-7H2/t10-/m0/s1. The largest absolute Gasteiger partial charge is 0.365 e. The summed E-state index contributed by atoms with van der Waals surface area (Å²) in [5, 5.41) is 4.29. The summed E-state index contributed by atoms with van der Waals surface area (Å²) in [4.78, 5) is 2.50. The van der Waals surface area contributed by atoms with E-state index in [1.807, 2.05) is 6.07 Å². The molecule has 0 unspecified atom stereocenters. The highest BCUT2D eigenvalue weighted by atomic mass is 35.5. The topological polar surface area (TPSA) is 15.3 Å². The number of nitrogens with one attached hydrogen (secondary N) is 1. The maximum Gasteiger partial charge on any atom is 0.0456 e. The molecule has 1 aromatic rings. The van der Waals surface area contributed by atoms with Gasteiger partial charge in [0.1, 0.15) is 0 Å². The van der Waals surface area contributed by atoms with Gasteiger partial charge >= 0.3 is 0 Å². The van der Waals surface area contributed by atoms with E-state index in [1.165, 1.54) is 11.3 Å². The third kappa shape index (κ3) is 1.22. The van der Waals surface area contributed by atoms with Crippen LogP contribution in [0, 0.1) is 0 Å². The fourth-order valence-electron chi connectivity index (χ4n) is 2.51. The van der Waals surface area contributed by atoms with Gasteiger partial charge in [0.05, 0.1) is 0 Å². The Kier molecular flexibility index (Phi) is 1.92. The summed E-state index contributed by atoms with van der Waals surface area (Å²) in [5.41, 5.74) is 2.80. The van der Waals surface area contributed by atoms with E-state index in [-0.39, 0.29) is 0 Å². The van der Waals surface area contributed by atoms with Gasteiger partial charge in [-0.05, 0) is 30.2 Å². The number of piperazine rings is 1. The van der Waals surface area contributed by atoms with Crippen LogP contribution in [0.3, 0.4) is 0 Å². The molecule has 2 aliphatic rings. The smallest absolute Gasteiger partial charge is 0.0456 e. The molecular formula is C11H13ClN2. The van der Waals surface area contributed by atoms with Crippen molar-refractivity contribution in [2.75, 3.05) is 24.5 Å². The van der Waals surface area contributed by atoms with E-state index >= 15 is 0 Å². The second-order valence-corrected chi connectivity index (χ2v) is 4.46. The zero-order chi connectivity index (χ0) is 9.54. The molecule has 14 heavy (non-hydrogen) atoms. The lowest BCUT2D eigenvalue weighted by Gasteiger charge is -2.32. The molecule has 1 aromatic carbocycles. The van der Waals surface area contributed by atoms with Crippen LogP contribution in [0.2, 0.25) is 5.02 Å². The predicted octanol–water partition coefficient (Wildman–Crippen LogP) is 1.67. The first-order valence-electron chi connectivity index (χ1n) is 5.10. The Balaban J connectivity index is 2.01. The fraction of sp³-hybridized carbons (Fsp3) is 0.455. The first-order chi connectivity index (χ1) is 6.84. The molecule has 3 heteroatoms. The lowest BCUT2D eigenvalue weighted by Crippen LogP contribution is -2.49. The summed E-state index contributed by atoms with van der Waals surface area (Å²) >= 11 is 5.99. The Morgan fingerprint density at radius 3 is 3.29 bits per heavy atom. The Morgan fingerprint density at radius 1 is 1.43 bits per heavy atom. The van der Waals surface area contributed by atoms with Crippen molar-refractivity contribution in [3.05, 3.63) is 28.8 Å². The molecule has 1 saturated heterocycles. The van der Waals surface area contributed by atoms with E-state index in [0.29, 0.717) is 6.04 Å². The molecule has 74 valence electrons. The number of anilines is 1. The summed E-state index contributed by atoms with van der Waals surface area (Å²) in [6.45, 7) is 3.32. The zero-order valence-corrected chi connectivity index (χ0v) is 8.72. The molecule has 0 aromatic heterocycles. The normalized spacial score (nSPS) is 24.6. The maximum atomic E-state index is 5.99. The van der Waals surface area contributed by atoms with Crippen LogP contribution in [0.5, 0.6) is 0 Å². The minimum absolute atomic E-state index is 0.650. The molecule has 1 N–H and O–H groups in total. The van der Waals surface area contributed by atoms with Crippen molar-refractivity contribution in [3.8, 4) is 0 Å². The highest BCUT2D eigenvalue weighted by Gasteiger charge is 2.30. The Hall–Kier alpha value is -0.730. The van der Waals surface area contributed by atoms with Gasteiger partial charge in [-0.1, -0.05) is 11.6 Å². The van der Waals surface area contributed by atoms with Gasteiger partial charge in [0.2, 0.25) is 0 Å². The Morgan fingerprint density at radius 2 is 2.36 bits per heavy atom. The number of hydrogen-bond donors (Lipinski definition) is 1. The molecule has 0 bridgehead atoms. The number of nitrogens with zero attached hydrogens (tertiary/aromatic N) is 1. The van der Waals surface area contributed by atoms with Crippen LogP contribution in [0.25, 0.3) is 0 Å². The number of hydrogen-bond acceptors (Lipinski definition) is 2. The van der Waals surface area contributed by atoms with Crippen LogP contribution in [-0.4, -0.2) is 25.7 Å². The van der Waals surface area contributed by atoms with Gasteiger partial charge in [0.15, 0.2) is 0 Å². The molecule has 0 saturated carbocycles. The number of rotatable bonds is 0. The Labute approximate surface area is 88.9 Å². The van der Waals surface area contributed by atoms with Crippen molar-refractivity contribution in [2.24, 2.45) is 0 Å². The molecule has 2 aliphatic heterocycles. The van der Waals surface area contributed by atoms with E-state index in [1.54, 1.807) is 0 Å². The van der Waals surface area contributed by atoms with Crippen molar-refractivity contribution in [1.82, 2.24) is 5.32 Å². The van der Waals surface area contributed by atoms with Crippen LogP contribution < -0.4 is 10.2 Å². The second-order valence-electron chi connectivity index (χ2n) is 4.03. The van der Waals surface area contributed by atoms with Crippen molar-refractivity contribution in [1.29, 1.82) is 0 Å². The molecule has 1 fully saturated rings. The number of fused-ring (bicyclic) bond motifs is 3. The molecule has 3 rings (SSSR count). The molecule has 0 amide bonds. The maximum absolute atomic E-state index is 5.99.